The molecule has 1 aromatic carbocycles. The van der Waals surface area contributed by atoms with Gasteiger partial charge in [0.25, 0.3) is 0 Å². The van der Waals surface area contributed by atoms with Crippen LogP contribution in [0.4, 0.5) is 10.1 Å². The van der Waals surface area contributed by atoms with E-state index in [1.807, 2.05) is 0 Å². The van der Waals surface area contributed by atoms with Crippen LogP contribution in [0.25, 0.3) is 0 Å². The Morgan fingerprint density at radius 3 is 2.56 bits per heavy atom. The van der Waals surface area contributed by atoms with E-state index >= 15 is 0 Å². The molecule has 1 rings (SSSR count). The van der Waals surface area contributed by atoms with Crippen LogP contribution in [0.1, 0.15) is 13.8 Å². The van der Waals surface area contributed by atoms with Crippen LogP contribution in [0, 0.1) is 11.7 Å². The van der Waals surface area contributed by atoms with Gasteiger partial charge in [-0.3, -0.25) is 0 Å². The van der Waals surface area contributed by atoms with Gasteiger partial charge in [0, 0.05) is 13.2 Å². The number of benzene rings is 1. The Hall–Kier alpha value is -1.13. The number of halogens is 1. The molecule has 0 aliphatic rings. The third kappa shape index (κ3) is 6.57. The maximum Gasteiger partial charge on any atom is 0.146 e. The first kappa shape index (κ1) is 14.9. The molecule has 18 heavy (non-hydrogen) atoms. The molecule has 0 bridgehead atoms. The molecule has 0 unspecified atom stereocenters. The van der Waals surface area contributed by atoms with E-state index in [2.05, 4.69) is 19.2 Å². The number of nitrogens with one attached hydrogen (secondary N) is 1. The summed E-state index contributed by atoms with van der Waals surface area (Å²) in [5.41, 5.74) is 0.511. The van der Waals surface area contributed by atoms with Crippen molar-refractivity contribution in [2.75, 3.05) is 38.3 Å². The molecule has 0 aliphatic heterocycles. The minimum Gasteiger partial charge on any atom is -0.380 e. The summed E-state index contributed by atoms with van der Waals surface area (Å²) >= 11 is 0. The molecule has 0 fully saturated rings. The Bertz CT molecular complexity index is 331. The fourth-order valence-corrected chi connectivity index (χ4v) is 1.40. The van der Waals surface area contributed by atoms with Crippen molar-refractivity contribution in [1.29, 1.82) is 0 Å². The van der Waals surface area contributed by atoms with E-state index in [9.17, 15) is 4.39 Å². The summed E-state index contributed by atoms with van der Waals surface area (Å²) in [6.45, 7) is 7.29. The summed E-state index contributed by atoms with van der Waals surface area (Å²) in [7, 11) is 0. The Morgan fingerprint density at radius 1 is 1.11 bits per heavy atom. The largest absolute Gasteiger partial charge is 0.380 e. The zero-order valence-corrected chi connectivity index (χ0v) is 11.1. The van der Waals surface area contributed by atoms with Crippen LogP contribution in [-0.4, -0.2) is 33.0 Å². The van der Waals surface area contributed by atoms with E-state index in [0.29, 0.717) is 38.0 Å². The van der Waals surface area contributed by atoms with Crippen molar-refractivity contribution >= 4 is 5.69 Å². The van der Waals surface area contributed by atoms with Crippen LogP contribution in [0.3, 0.4) is 0 Å². The molecule has 102 valence electrons. The first-order valence-corrected chi connectivity index (χ1v) is 6.34. The lowest BCUT2D eigenvalue weighted by Crippen LogP contribution is -2.14. The van der Waals surface area contributed by atoms with Gasteiger partial charge in [0.15, 0.2) is 0 Å². The summed E-state index contributed by atoms with van der Waals surface area (Å²) in [4.78, 5) is 0. The molecule has 3 nitrogen and oxygen atoms in total. The lowest BCUT2D eigenvalue weighted by molar-refractivity contribution is 0.0411. The first-order valence-electron chi connectivity index (χ1n) is 6.34. The van der Waals surface area contributed by atoms with Gasteiger partial charge in [0.05, 0.1) is 25.5 Å². The lowest BCUT2D eigenvalue weighted by atomic mass is 10.2. The number of rotatable bonds is 9. The van der Waals surface area contributed by atoms with Gasteiger partial charge >= 0.3 is 0 Å². The summed E-state index contributed by atoms with van der Waals surface area (Å²) in [6.07, 6.45) is 0. The van der Waals surface area contributed by atoms with Crippen LogP contribution in [-0.2, 0) is 9.47 Å². The predicted octanol–water partition coefficient (Wildman–Crippen LogP) is 2.93. The number of anilines is 1. The van der Waals surface area contributed by atoms with E-state index in [1.165, 1.54) is 6.07 Å². The van der Waals surface area contributed by atoms with Crippen molar-refractivity contribution in [3.05, 3.63) is 30.1 Å². The van der Waals surface area contributed by atoms with E-state index in [-0.39, 0.29) is 5.82 Å². The molecule has 1 aromatic rings. The number of hydrogen-bond acceptors (Lipinski definition) is 3. The molecule has 0 saturated heterocycles. The molecule has 0 saturated carbocycles. The van der Waals surface area contributed by atoms with Gasteiger partial charge in [0.1, 0.15) is 5.82 Å². The summed E-state index contributed by atoms with van der Waals surface area (Å²) < 4.78 is 24.0. The minimum absolute atomic E-state index is 0.238. The Balaban J connectivity index is 1.98. The highest BCUT2D eigenvalue weighted by Crippen LogP contribution is 2.11. The van der Waals surface area contributed by atoms with E-state index in [0.717, 1.165) is 6.61 Å². The normalized spacial score (nSPS) is 10.9. The average Bonchev–Trinajstić information content (AvgIpc) is 2.34. The Morgan fingerprint density at radius 2 is 1.83 bits per heavy atom. The smallest absolute Gasteiger partial charge is 0.146 e. The fourth-order valence-electron chi connectivity index (χ4n) is 1.40. The van der Waals surface area contributed by atoms with Gasteiger partial charge < -0.3 is 14.8 Å². The van der Waals surface area contributed by atoms with Gasteiger partial charge in [0.2, 0.25) is 0 Å². The Kier molecular flexibility index (Phi) is 7.37. The molecule has 4 heteroatoms. The standard InChI is InChI=1S/C14H22FNO2/c1-12(2)11-18-10-9-17-8-7-16-14-6-4-3-5-13(14)15/h3-6,12,16H,7-11H2,1-2H3. The van der Waals surface area contributed by atoms with Crippen LogP contribution in [0.2, 0.25) is 0 Å². The second-order valence-corrected chi connectivity index (χ2v) is 4.49. The van der Waals surface area contributed by atoms with Crippen molar-refractivity contribution in [2.24, 2.45) is 5.92 Å². The van der Waals surface area contributed by atoms with E-state index in [1.54, 1.807) is 18.2 Å². The Labute approximate surface area is 108 Å². The summed E-state index contributed by atoms with van der Waals surface area (Å²) in [5.74, 6) is 0.311. The molecule has 0 spiro atoms. The highest BCUT2D eigenvalue weighted by atomic mass is 19.1. The third-order valence-electron chi connectivity index (χ3n) is 2.26. The monoisotopic (exact) mass is 255 g/mol. The molecule has 1 N–H and O–H groups in total. The maximum atomic E-state index is 13.2. The fraction of sp³-hybridized carbons (Fsp3) is 0.571. The van der Waals surface area contributed by atoms with Crippen molar-refractivity contribution in [2.45, 2.75) is 13.8 Å². The average molecular weight is 255 g/mol. The lowest BCUT2D eigenvalue weighted by Gasteiger charge is -2.09. The van der Waals surface area contributed by atoms with Crippen molar-refractivity contribution in [3.8, 4) is 0 Å². The molecule has 0 radical (unpaired) electrons. The predicted molar refractivity (Wildman–Crippen MR) is 71.4 cm³/mol. The minimum atomic E-state index is -0.238. The molecule has 0 aliphatic carbocycles. The zero-order chi connectivity index (χ0) is 13.2. The first-order chi connectivity index (χ1) is 8.70. The number of hydrogen-bond donors (Lipinski definition) is 1. The van der Waals surface area contributed by atoms with Crippen LogP contribution in [0.5, 0.6) is 0 Å². The van der Waals surface area contributed by atoms with Gasteiger partial charge in [-0.05, 0) is 18.1 Å². The SMILES string of the molecule is CC(C)COCCOCCNc1ccccc1F. The van der Waals surface area contributed by atoms with E-state index in [4.69, 9.17) is 9.47 Å². The maximum absolute atomic E-state index is 13.2. The number of ether oxygens (including phenoxy) is 2. The number of para-hydroxylation sites is 1. The molecule has 0 atom stereocenters. The molecule has 0 amide bonds. The summed E-state index contributed by atoms with van der Waals surface area (Å²) in [5, 5.41) is 2.98. The van der Waals surface area contributed by atoms with Gasteiger partial charge in [-0.1, -0.05) is 26.0 Å². The van der Waals surface area contributed by atoms with Gasteiger partial charge in [-0.2, -0.15) is 0 Å². The molecular formula is C14H22FNO2. The second kappa shape index (κ2) is 8.89. The van der Waals surface area contributed by atoms with Crippen LogP contribution in [0.15, 0.2) is 24.3 Å². The second-order valence-electron chi connectivity index (χ2n) is 4.49. The van der Waals surface area contributed by atoms with Crippen molar-refractivity contribution < 1.29 is 13.9 Å². The third-order valence-corrected chi connectivity index (χ3v) is 2.26. The van der Waals surface area contributed by atoms with Crippen LogP contribution < -0.4 is 5.32 Å². The van der Waals surface area contributed by atoms with Crippen LogP contribution >= 0.6 is 0 Å². The van der Waals surface area contributed by atoms with Gasteiger partial charge in [-0.15, -0.1) is 0 Å². The summed E-state index contributed by atoms with van der Waals surface area (Å²) in [6, 6.07) is 6.61. The molecule has 0 aromatic heterocycles. The van der Waals surface area contributed by atoms with Crippen molar-refractivity contribution in [3.63, 3.8) is 0 Å². The topological polar surface area (TPSA) is 30.5 Å². The molecular weight excluding hydrogens is 233 g/mol. The molecule has 0 heterocycles. The quantitative estimate of drug-likeness (QED) is 0.688. The highest BCUT2D eigenvalue weighted by Gasteiger charge is 1.98. The van der Waals surface area contributed by atoms with E-state index < -0.39 is 0 Å². The van der Waals surface area contributed by atoms with Crippen molar-refractivity contribution in [1.82, 2.24) is 0 Å². The highest BCUT2D eigenvalue weighted by molar-refractivity contribution is 5.44. The zero-order valence-electron chi connectivity index (χ0n) is 11.1. The van der Waals surface area contributed by atoms with Gasteiger partial charge in [-0.25, -0.2) is 4.39 Å².